The molecule has 0 heterocycles. The first kappa shape index (κ1) is 17.4. The molecule has 4 heteroatoms. The third kappa shape index (κ3) is 3.49. The average Bonchev–Trinajstić information content (AvgIpc) is 2.60. The maximum atomic E-state index is 11.5. The van der Waals surface area contributed by atoms with Crippen molar-refractivity contribution in [3.63, 3.8) is 0 Å². The van der Waals surface area contributed by atoms with E-state index >= 15 is 0 Å². The minimum Gasteiger partial charge on any atom is -0.507 e. The van der Waals surface area contributed by atoms with E-state index in [0.717, 1.165) is 15.7 Å². The number of aromatic hydroxyl groups is 1. The highest BCUT2D eigenvalue weighted by Gasteiger charge is 2.18. The lowest BCUT2D eigenvalue weighted by molar-refractivity contribution is 0.0694. The average molecular weight is 352 g/mol. The summed E-state index contributed by atoms with van der Waals surface area (Å²) in [5.41, 5.74) is 1.87. The Morgan fingerprint density at radius 2 is 1.76 bits per heavy atom. The topological polar surface area (TPSA) is 57.5 Å². The molecule has 2 N–H and O–H groups in total. The highest BCUT2D eigenvalue weighted by atomic mass is 32.2. The van der Waals surface area contributed by atoms with Crippen LogP contribution in [0.3, 0.4) is 0 Å². The highest BCUT2D eigenvalue weighted by Crippen LogP contribution is 2.37. The lowest BCUT2D eigenvalue weighted by atomic mass is 10.0. The van der Waals surface area contributed by atoms with Crippen molar-refractivity contribution in [2.75, 3.05) is 0 Å². The lowest BCUT2D eigenvalue weighted by Crippen LogP contribution is -2.00. The van der Waals surface area contributed by atoms with Gasteiger partial charge in [-0.3, -0.25) is 0 Å². The molecular weight excluding hydrogens is 332 g/mol. The standard InChI is InChI=1S/C21H20O3S/c1-13(2)15-8-5-6-10-19(15)25-12-18-16-9-4-3-7-14(16)11-17(20(18)22)21(23)24/h3-11,13,22H,12H2,1-2H3,(H,23,24). The fraction of sp³-hybridized carbons (Fsp3) is 0.190. The SMILES string of the molecule is CC(C)c1ccccc1SCc1c(O)c(C(=O)O)cc2ccccc12. The summed E-state index contributed by atoms with van der Waals surface area (Å²) in [5, 5.41) is 21.6. The maximum absolute atomic E-state index is 11.5. The Bertz CT molecular complexity index is 932. The second kappa shape index (κ2) is 7.19. The van der Waals surface area contributed by atoms with Gasteiger partial charge in [-0.15, -0.1) is 11.8 Å². The predicted octanol–water partition coefficient (Wildman–Crippen LogP) is 5.66. The Labute approximate surface area is 151 Å². The first-order valence-electron chi connectivity index (χ1n) is 8.17. The number of carbonyl (C=O) groups is 1. The molecule has 3 rings (SSSR count). The number of benzene rings is 3. The number of carboxylic acid groups (broad SMARTS) is 1. The minimum absolute atomic E-state index is 0.0496. The number of hydrogen-bond acceptors (Lipinski definition) is 3. The molecule has 0 unspecified atom stereocenters. The summed E-state index contributed by atoms with van der Waals surface area (Å²) >= 11 is 1.62. The van der Waals surface area contributed by atoms with Gasteiger partial charge in [0.25, 0.3) is 0 Å². The van der Waals surface area contributed by atoms with Gasteiger partial charge in [-0.2, -0.15) is 0 Å². The summed E-state index contributed by atoms with van der Waals surface area (Å²) in [6, 6.07) is 17.3. The molecule has 3 aromatic rings. The molecule has 25 heavy (non-hydrogen) atoms. The number of phenols is 1. The Hall–Kier alpha value is -2.46. The van der Waals surface area contributed by atoms with E-state index in [1.807, 2.05) is 36.4 Å². The van der Waals surface area contributed by atoms with E-state index in [1.165, 1.54) is 11.6 Å². The van der Waals surface area contributed by atoms with Gasteiger partial charge in [-0.25, -0.2) is 4.79 Å². The summed E-state index contributed by atoms with van der Waals surface area (Å²) in [6.07, 6.45) is 0. The van der Waals surface area contributed by atoms with Crippen molar-refractivity contribution in [2.24, 2.45) is 0 Å². The van der Waals surface area contributed by atoms with E-state index in [1.54, 1.807) is 11.8 Å². The van der Waals surface area contributed by atoms with Crippen molar-refractivity contribution >= 4 is 28.5 Å². The fourth-order valence-electron chi connectivity index (χ4n) is 2.96. The molecule has 3 nitrogen and oxygen atoms in total. The van der Waals surface area contributed by atoms with Crippen LogP contribution in [0.2, 0.25) is 0 Å². The number of carboxylic acids is 1. The molecule has 0 spiro atoms. The summed E-state index contributed by atoms with van der Waals surface area (Å²) in [5.74, 6) is -0.339. The van der Waals surface area contributed by atoms with Gasteiger partial charge in [0, 0.05) is 16.2 Å². The van der Waals surface area contributed by atoms with Crippen LogP contribution in [0.5, 0.6) is 5.75 Å². The van der Waals surface area contributed by atoms with Crippen LogP contribution in [-0.4, -0.2) is 16.2 Å². The van der Waals surface area contributed by atoms with Crippen LogP contribution in [0, 0.1) is 0 Å². The molecule has 0 aromatic heterocycles. The van der Waals surface area contributed by atoms with Crippen LogP contribution in [0.25, 0.3) is 10.8 Å². The van der Waals surface area contributed by atoms with E-state index < -0.39 is 5.97 Å². The zero-order valence-corrected chi connectivity index (χ0v) is 15.0. The van der Waals surface area contributed by atoms with Gasteiger partial charge in [0.1, 0.15) is 11.3 Å². The largest absolute Gasteiger partial charge is 0.507 e. The summed E-state index contributed by atoms with van der Waals surface area (Å²) in [7, 11) is 0. The van der Waals surface area contributed by atoms with Crippen molar-refractivity contribution in [1.82, 2.24) is 0 Å². The van der Waals surface area contributed by atoms with E-state index in [2.05, 4.69) is 26.0 Å². The van der Waals surface area contributed by atoms with Gasteiger partial charge in [-0.1, -0.05) is 56.3 Å². The second-order valence-corrected chi connectivity index (χ2v) is 7.28. The Morgan fingerprint density at radius 3 is 2.48 bits per heavy atom. The number of hydrogen-bond donors (Lipinski definition) is 2. The smallest absolute Gasteiger partial charge is 0.339 e. The third-order valence-corrected chi connectivity index (χ3v) is 5.39. The highest BCUT2D eigenvalue weighted by molar-refractivity contribution is 7.98. The van der Waals surface area contributed by atoms with E-state index in [4.69, 9.17) is 0 Å². The van der Waals surface area contributed by atoms with Crippen LogP contribution in [0.15, 0.2) is 59.5 Å². The number of thioether (sulfide) groups is 1. The number of aromatic carboxylic acids is 1. The maximum Gasteiger partial charge on any atom is 0.339 e. The van der Waals surface area contributed by atoms with Gasteiger partial charge in [0.15, 0.2) is 0 Å². The molecule has 0 aliphatic heterocycles. The Morgan fingerprint density at radius 1 is 1.08 bits per heavy atom. The Kier molecular flexibility index (Phi) is 5.00. The van der Waals surface area contributed by atoms with Crippen LogP contribution in [-0.2, 0) is 5.75 Å². The third-order valence-electron chi connectivity index (χ3n) is 4.27. The van der Waals surface area contributed by atoms with Gasteiger partial charge < -0.3 is 10.2 Å². The zero-order chi connectivity index (χ0) is 18.0. The van der Waals surface area contributed by atoms with Crippen LogP contribution >= 0.6 is 11.8 Å². The molecule has 0 fully saturated rings. The molecule has 0 radical (unpaired) electrons. The van der Waals surface area contributed by atoms with Gasteiger partial charge in [0.2, 0.25) is 0 Å². The van der Waals surface area contributed by atoms with Crippen molar-refractivity contribution in [2.45, 2.75) is 30.4 Å². The lowest BCUT2D eigenvalue weighted by Gasteiger charge is -2.15. The van der Waals surface area contributed by atoms with Gasteiger partial charge >= 0.3 is 5.97 Å². The van der Waals surface area contributed by atoms with Crippen molar-refractivity contribution < 1.29 is 15.0 Å². The summed E-state index contributed by atoms with van der Waals surface area (Å²) in [4.78, 5) is 12.6. The number of fused-ring (bicyclic) bond motifs is 1. The molecule has 128 valence electrons. The van der Waals surface area contributed by atoms with Gasteiger partial charge in [0.05, 0.1) is 0 Å². The monoisotopic (exact) mass is 352 g/mol. The predicted molar refractivity (Wildman–Crippen MR) is 103 cm³/mol. The fourth-order valence-corrected chi connectivity index (χ4v) is 4.20. The zero-order valence-electron chi connectivity index (χ0n) is 14.2. The molecular formula is C21H20O3S. The van der Waals surface area contributed by atoms with E-state index in [9.17, 15) is 15.0 Å². The molecule has 0 aliphatic carbocycles. The van der Waals surface area contributed by atoms with Crippen LogP contribution < -0.4 is 0 Å². The van der Waals surface area contributed by atoms with E-state index in [-0.39, 0.29) is 11.3 Å². The molecule has 0 saturated heterocycles. The van der Waals surface area contributed by atoms with Crippen molar-refractivity contribution in [3.05, 3.63) is 71.3 Å². The van der Waals surface area contributed by atoms with Crippen molar-refractivity contribution in [3.8, 4) is 5.75 Å². The molecule has 0 bridgehead atoms. The van der Waals surface area contributed by atoms with Crippen molar-refractivity contribution in [1.29, 1.82) is 0 Å². The minimum atomic E-state index is -1.11. The second-order valence-electron chi connectivity index (χ2n) is 6.26. The molecule has 0 aliphatic rings. The normalized spacial score (nSPS) is 11.2. The Balaban J connectivity index is 2.04. The van der Waals surface area contributed by atoms with Crippen LogP contribution in [0.1, 0.15) is 41.3 Å². The summed E-state index contributed by atoms with van der Waals surface area (Å²) in [6.45, 7) is 4.30. The first-order valence-corrected chi connectivity index (χ1v) is 9.16. The summed E-state index contributed by atoms with van der Waals surface area (Å²) < 4.78 is 0. The first-order chi connectivity index (χ1) is 12.0. The number of rotatable bonds is 5. The molecule has 0 atom stereocenters. The van der Waals surface area contributed by atoms with E-state index in [0.29, 0.717) is 17.2 Å². The molecule has 0 saturated carbocycles. The van der Waals surface area contributed by atoms with Gasteiger partial charge in [-0.05, 0) is 34.4 Å². The quantitative estimate of drug-likeness (QED) is 0.582. The molecule has 3 aromatic carbocycles. The molecule has 0 amide bonds. The van der Waals surface area contributed by atoms with Crippen LogP contribution in [0.4, 0.5) is 0 Å².